The Morgan fingerprint density at radius 1 is 0.938 bits per heavy atom. The molecule has 0 atom stereocenters. The Hall–Kier alpha value is -3.19. The van der Waals surface area contributed by atoms with Crippen molar-refractivity contribution in [1.29, 1.82) is 0 Å². The number of benzene rings is 2. The van der Waals surface area contributed by atoms with Crippen LogP contribution >= 0.6 is 0 Å². The number of carbonyl (C=O) groups is 1. The van der Waals surface area contributed by atoms with Crippen LogP contribution in [0, 0.1) is 0 Å². The topological polar surface area (TPSA) is 67.5 Å². The molecule has 0 radical (unpaired) electrons. The second-order valence-corrected chi connectivity index (χ2v) is 8.59. The molecule has 2 aromatic carbocycles. The van der Waals surface area contributed by atoms with Gasteiger partial charge in [-0.3, -0.25) is 14.2 Å². The summed E-state index contributed by atoms with van der Waals surface area (Å²) < 4.78 is 2.61. The highest BCUT2D eigenvalue weighted by Crippen LogP contribution is 2.16. The molecule has 1 amide bonds. The maximum atomic E-state index is 13.5. The summed E-state index contributed by atoms with van der Waals surface area (Å²) in [5.41, 5.74) is 1.25. The zero-order valence-electron chi connectivity index (χ0n) is 19.0. The first kappa shape index (κ1) is 22.0. The number of piperazine rings is 1. The summed E-state index contributed by atoms with van der Waals surface area (Å²) in [5, 5.41) is 0.420. The van der Waals surface area contributed by atoms with E-state index in [2.05, 4.69) is 25.7 Å². The summed E-state index contributed by atoms with van der Waals surface area (Å²) in [7, 11) is 0. The minimum atomic E-state index is -0.494. The first-order valence-corrected chi connectivity index (χ1v) is 11.3. The molecule has 0 aliphatic carbocycles. The number of amides is 1. The molecule has 32 heavy (non-hydrogen) atoms. The molecule has 0 bridgehead atoms. The van der Waals surface area contributed by atoms with Gasteiger partial charge in [-0.05, 0) is 42.3 Å². The Bertz CT molecular complexity index is 1230. The van der Waals surface area contributed by atoms with Gasteiger partial charge in [-0.15, -0.1) is 0 Å². The largest absolute Gasteiger partial charge is 0.339 e. The Morgan fingerprint density at radius 3 is 2.22 bits per heavy atom. The van der Waals surface area contributed by atoms with Crippen LogP contribution in [-0.2, 0) is 11.3 Å². The summed E-state index contributed by atoms with van der Waals surface area (Å²) in [6.07, 6.45) is 0. The Morgan fingerprint density at radius 2 is 1.59 bits per heavy atom. The van der Waals surface area contributed by atoms with Crippen molar-refractivity contribution in [2.24, 2.45) is 0 Å². The number of aromatic nitrogens is 2. The number of hydrogen-bond donors (Lipinski definition) is 0. The lowest BCUT2D eigenvalue weighted by molar-refractivity contribution is -0.133. The van der Waals surface area contributed by atoms with Crippen LogP contribution in [0.5, 0.6) is 0 Å². The fourth-order valence-corrected chi connectivity index (χ4v) is 4.26. The highest BCUT2D eigenvalue weighted by atomic mass is 16.2. The van der Waals surface area contributed by atoms with E-state index in [1.807, 2.05) is 12.1 Å². The van der Waals surface area contributed by atoms with E-state index in [1.54, 1.807) is 41.3 Å². The predicted octanol–water partition coefficient (Wildman–Crippen LogP) is 2.44. The summed E-state index contributed by atoms with van der Waals surface area (Å²) >= 11 is 0. The van der Waals surface area contributed by atoms with Crippen LogP contribution in [0.2, 0.25) is 0 Å². The fourth-order valence-electron chi connectivity index (χ4n) is 4.26. The third kappa shape index (κ3) is 4.12. The van der Waals surface area contributed by atoms with Gasteiger partial charge in [0.25, 0.3) is 5.56 Å². The number of para-hydroxylation sites is 1. The van der Waals surface area contributed by atoms with Crippen LogP contribution in [0.4, 0.5) is 0 Å². The van der Waals surface area contributed by atoms with Crippen LogP contribution in [0.1, 0.15) is 32.3 Å². The van der Waals surface area contributed by atoms with Gasteiger partial charge in [-0.1, -0.05) is 45.0 Å². The average Bonchev–Trinajstić information content (AvgIpc) is 2.82. The number of likely N-dealkylation sites (N-methyl/N-ethyl adjacent to an activating group) is 1. The maximum Gasteiger partial charge on any atom is 0.336 e. The minimum absolute atomic E-state index is 0.0875. The summed E-state index contributed by atoms with van der Waals surface area (Å²) in [6, 6.07) is 14.4. The maximum absolute atomic E-state index is 13.5. The fraction of sp³-hybridized carbons (Fsp3) is 0.400. The first-order chi connectivity index (χ1) is 15.4. The number of fused-ring (bicyclic) bond motifs is 1. The molecule has 7 nitrogen and oxygen atoms in total. The van der Waals surface area contributed by atoms with Gasteiger partial charge in [0.1, 0.15) is 6.54 Å². The number of carbonyl (C=O) groups excluding carboxylic acids is 1. The van der Waals surface area contributed by atoms with Crippen LogP contribution in [0.25, 0.3) is 16.6 Å². The molecule has 0 saturated carbocycles. The van der Waals surface area contributed by atoms with E-state index >= 15 is 0 Å². The SMILES string of the molecule is CCN1CCN(C(=O)Cn2c(=O)n(-c3ccc(C(C)C)cc3)c(=O)c3ccccc32)CC1. The van der Waals surface area contributed by atoms with Crippen LogP contribution in [0.3, 0.4) is 0 Å². The van der Waals surface area contributed by atoms with Gasteiger partial charge >= 0.3 is 5.69 Å². The van der Waals surface area contributed by atoms with E-state index < -0.39 is 5.69 Å². The quantitative estimate of drug-likeness (QED) is 0.619. The van der Waals surface area contributed by atoms with Crippen molar-refractivity contribution in [3.63, 3.8) is 0 Å². The Balaban J connectivity index is 1.76. The molecule has 0 unspecified atom stereocenters. The normalized spacial score (nSPS) is 14.9. The van der Waals surface area contributed by atoms with Gasteiger partial charge in [0, 0.05) is 26.2 Å². The Kier molecular flexibility index (Phi) is 6.28. The van der Waals surface area contributed by atoms with E-state index in [0.717, 1.165) is 25.2 Å². The van der Waals surface area contributed by atoms with Crippen LogP contribution < -0.4 is 11.2 Å². The lowest BCUT2D eigenvalue weighted by Crippen LogP contribution is -2.50. The molecule has 0 spiro atoms. The molecular weight excluding hydrogens is 404 g/mol. The number of nitrogens with zero attached hydrogens (tertiary/aromatic N) is 4. The van der Waals surface area contributed by atoms with Gasteiger partial charge in [-0.2, -0.15) is 0 Å². The minimum Gasteiger partial charge on any atom is -0.339 e. The highest BCUT2D eigenvalue weighted by Gasteiger charge is 2.23. The van der Waals surface area contributed by atoms with Crippen molar-refractivity contribution >= 4 is 16.8 Å². The zero-order valence-corrected chi connectivity index (χ0v) is 19.0. The van der Waals surface area contributed by atoms with Crippen molar-refractivity contribution in [2.75, 3.05) is 32.7 Å². The molecule has 1 aliphatic heterocycles. The van der Waals surface area contributed by atoms with Crippen molar-refractivity contribution in [2.45, 2.75) is 33.2 Å². The third-order valence-electron chi connectivity index (χ3n) is 6.33. The predicted molar refractivity (Wildman–Crippen MR) is 127 cm³/mol. The van der Waals surface area contributed by atoms with E-state index in [4.69, 9.17) is 0 Å². The summed E-state index contributed by atoms with van der Waals surface area (Å²) in [4.78, 5) is 43.9. The van der Waals surface area contributed by atoms with Crippen molar-refractivity contribution < 1.29 is 4.79 Å². The van der Waals surface area contributed by atoms with Crippen molar-refractivity contribution in [1.82, 2.24) is 18.9 Å². The molecule has 2 heterocycles. The standard InChI is InChI=1S/C25H30N4O3/c1-4-26-13-15-27(16-14-26)23(30)17-28-22-8-6-5-7-21(22)24(31)29(25(28)32)20-11-9-19(10-12-20)18(2)3/h5-12,18H,4,13-17H2,1-3H3. The van der Waals surface area contributed by atoms with Gasteiger partial charge in [0.15, 0.2) is 0 Å². The monoisotopic (exact) mass is 434 g/mol. The van der Waals surface area contributed by atoms with E-state index in [0.29, 0.717) is 35.6 Å². The van der Waals surface area contributed by atoms with Gasteiger partial charge in [0.2, 0.25) is 5.91 Å². The molecular formula is C25H30N4O3. The second-order valence-electron chi connectivity index (χ2n) is 8.59. The lowest BCUT2D eigenvalue weighted by atomic mass is 10.0. The Labute approximate surface area is 187 Å². The zero-order chi connectivity index (χ0) is 22.8. The summed E-state index contributed by atoms with van der Waals surface area (Å²) in [5.74, 6) is 0.244. The lowest BCUT2D eigenvalue weighted by Gasteiger charge is -2.34. The van der Waals surface area contributed by atoms with E-state index in [1.165, 1.54) is 9.13 Å². The number of rotatable bonds is 5. The third-order valence-corrected chi connectivity index (χ3v) is 6.33. The van der Waals surface area contributed by atoms with Crippen LogP contribution in [-0.4, -0.2) is 57.6 Å². The average molecular weight is 435 g/mol. The van der Waals surface area contributed by atoms with E-state index in [-0.39, 0.29) is 18.0 Å². The van der Waals surface area contributed by atoms with Crippen molar-refractivity contribution in [3.8, 4) is 5.69 Å². The number of hydrogen-bond acceptors (Lipinski definition) is 4. The highest BCUT2D eigenvalue weighted by molar-refractivity contribution is 5.82. The molecule has 0 N–H and O–H groups in total. The molecule has 1 aromatic heterocycles. The first-order valence-electron chi connectivity index (χ1n) is 11.3. The summed E-state index contributed by atoms with van der Waals surface area (Å²) in [6.45, 7) is 10.1. The van der Waals surface area contributed by atoms with Crippen molar-refractivity contribution in [3.05, 3.63) is 74.9 Å². The molecule has 7 heteroatoms. The van der Waals surface area contributed by atoms with Gasteiger partial charge < -0.3 is 9.80 Å². The second kappa shape index (κ2) is 9.12. The molecule has 1 saturated heterocycles. The molecule has 3 aromatic rings. The van der Waals surface area contributed by atoms with E-state index in [9.17, 15) is 14.4 Å². The molecule has 168 valence electrons. The smallest absolute Gasteiger partial charge is 0.336 e. The molecule has 1 aliphatic rings. The van der Waals surface area contributed by atoms with Gasteiger partial charge in [0.05, 0.1) is 16.6 Å². The molecule has 4 rings (SSSR count). The molecule has 1 fully saturated rings. The van der Waals surface area contributed by atoms with Crippen LogP contribution in [0.15, 0.2) is 58.1 Å². The van der Waals surface area contributed by atoms with Gasteiger partial charge in [-0.25, -0.2) is 9.36 Å².